The molecule has 150 valence electrons. The third-order valence-electron chi connectivity index (χ3n) is 4.84. The molecule has 3 aromatic rings. The fraction of sp³-hybridized carbons (Fsp3) is 0.316. The summed E-state index contributed by atoms with van der Waals surface area (Å²) in [6.07, 6.45) is 2.00. The third-order valence-corrected chi connectivity index (χ3v) is 5.78. The number of rotatable bonds is 5. The van der Waals surface area contributed by atoms with Crippen molar-refractivity contribution in [1.29, 1.82) is 0 Å². The van der Waals surface area contributed by atoms with Gasteiger partial charge in [0.05, 0.1) is 21.9 Å². The number of thiazole rings is 1. The minimum Gasteiger partial charge on any atom is -0.456 e. The number of carbonyl (C=O) groups is 1. The number of fused-ring (bicyclic) bond motifs is 1. The number of hydrogen-bond acceptors (Lipinski definition) is 8. The van der Waals surface area contributed by atoms with Crippen LogP contribution >= 0.6 is 11.3 Å². The summed E-state index contributed by atoms with van der Waals surface area (Å²) in [5, 5.41) is 13.0. The fourth-order valence-corrected chi connectivity index (χ4v) is 4.32. The van der Waals surface area contributed by atoms with Crippen LogP contribution in [0.5, 0.6) is 0 Å². The lowest BCUT2D eigenvalue weighted by Crippen LogP contribution is -2.22. The molecule has 0 amide bonds. The molecule has 0 radical (unpaired) electrons. The summed E-state index contributed by atoms with van der Waals surface area (Å²) in [4.78, 5) is 42.5. The molecule has 1 fully saturated rings. The molecule has 0 spiro atoms. The Morgan fingerprint density at radius 2 is 2.07 bits per heavy atom. The average Bonchev–Trinajstić information content (AvgIpc) is 3.36. The van der Waals surface area contributed by atoms with Crippen LogP contribution in [0.2, 0.25) is 0 Å². The lowest BCUT2D eigenvalue weighted by atomic mass is 10.1. The fourth-order valence-electron chi connectivity index (χ4n) is 3.43. The van der Waals surface area contributed by atoms with E-state index in [0.717, 1.165) is 31.6 Å². The monoisotopic (exact) mass is 414 g/mol. The molecule has 1 saturated heterocycles. The highest BCUT2D eigenvalue weighted by molar-refractivity contribution is 7.15. The Labute approximate surface area is 169 Å². The van der Waals surface area contributed by atoms with Crippen LogP contribution in [0, 0.1) is 17.0 Å². The van der Waals surface area contributed by atoms with Crippen LogP contribution < -0.4 is 10.5 Å². The standard InChI is InChI=1S/C19H18N4O5S/c1-12-11-29-19-20-13(8-17(24)22(12)19)10-28-18(25)15-9-14(23(26)27)4-5-16(15)21-6-2-3-7-21/h4-5,8-9,11H,2-3,6-7,10H2,1H3. The Hall–Kier alpha value is -3.27. The number of carbonyl (C=O) groups excluding carboxylic acids is 1. The minimum absolute atomic E-state index is 0.144. The zero-order valence-electron chi connectivity index (χ0n) is 15.7. The van der Waals surface area contributed by atoms with Crippen molar-refractivity contribution >= 4 is 33.6 Å². The molecule has 1 aliphatic heterocycles. The summed E-state index contributed by atoms with van der Waals surface area (Å²) >= 11 is 1.33. The quantitative estimate of drug-likeness (QED) is 0.359. The highest BCUT2D eigenvalue weighted by Crippen LogP contribution is 2.29. The molecule has 1 aliphatic rings. The molecule has 0 bridgehead atoms. The predicted octanol–water partition coefficient (Wildman–Crippen LogP) is 2.93. The molecule has 0 saturated carbocycles. The van der Waals surface area contributed by atoms with Crippen LogP contribution in [-0.2, 0) is 11.3 Å². The van der Waals surface area contributed by atoms with E-state index in [0.29, 0.717) is 16.3 Å². The predicted molar refractivity (Wildman–Crippen MR) is 108 cm³/mol. The maximum absolute atomic E-state index is 12.7. The number of non-ortho nitro benzene ring substituents is 1. The minimum atomic E-state index is -0.681. The molecule has 10 heteroatoms. The summed E-state index contributed by atoms with van der Waals surface area (Å²) in [5.41, 5.74) is 1.47. The molecule has 0 N–H and O–H groups in total. The molecule has 0 unspecified atom stereocenters. The van der Waals surface area contributed by atoms with Gasteiger partial charge < -0.3 is 9.64 Å². The molecule has 0 atom stereocenters. The van der Waals surface area contributed by atoms with Gasteiger partial charge in [0.25, 0.3) is 11.2 Å². The zero-order chi connectivity index (χ0) is 20.5. The molecule has 0 aliphatic carbocycles. The van der Waals surface area contributed by atoms with Crippen molar-refractivity contribution in [1.82, 2.24) is 9.38 Å². The van der Waals surface area contributed by atoms with Gasteiger partial charge in [0.15, 0.2) is 4.96 Å². The number of benzene rings is 1. The van der Waals surface area contributed by atoms with Gasteiger partial charge in [-0.25, -0.2) is 9.78 Å². The summed E-state index contributed by atoms with van der Waals surface area (Å²) in [7, 11) is 0. The van der Waals surface area contributed by atoms with E-state index in [1.165, 1.54) is 33.9 Å². The first kappa shape index (κ1) is 19.1. The SMILES string of the molecule is Cc1csc2nc(COC(=O)c3cc([N+](=O)[O-])ccc3N3CCCC3)cc(=O)n12. The summed E-state index contributed by atoms with van der Waals surface area (Å²) in [6.45, 7) is 3.19. The van der Waals surface area contributed by atoms with Crippen LogP contribution in [0.4, 0.5) is 11.4 Å². The van der Waals surface area contributed by atoms with Gasteiger partial charge in [0.1, 0.15) is 6.61 Å². The largest absolute Gasteiger partial charge is 0.456 e. The van der Waals surface area contributed by atoms with Crippen molar-refractivity contribution < 1.29 is 14.5 Å². The lowest BCUT2D eigenvalue weighted by molar-refractivity contribution is -0.384. The van der Waals surface area contributed by atoms with E-state index >= 15 is 0 Å². The molecular formula is C19H18N4O5S. The Kier molecular flexibility index (Phi) is 5.01. The number of nitrogens with zero attached hydrogens (tertiary/aromatic N) is 4. The van der Waals surface area contributed by atoms with Crippen molar-refractivity contribution in [3.63, 3.8) is 0 Å². The van der Waals surface area contributed by atoms with Gasteiger partial charge in [0, 0.05) is 42.4 Å². The van der Waals surface area contributed by atoms with Gasteiger partial charge in [-0.3, -0.25) is 19.3 Å². The number of nitro groups is 1. The molecular weight excluding hydrogens is 396 g/mol. The van der Waals surface area contributed by atoms with Gasteiger partial charge >= 0.3 is 5.97 Å². The van der Waals surface area contributed by atoms with Crippen LogP contribution in [0.1, 0.15) is 34.6 Å². The van der Waals surface area contributed by atoms with E-state index in [4.69, 9.17) is 4.74 Å². The Balaban J connectivity index is 1.60. The molecule has 3 heterocycles. The normalized spacial score (nSPS) is 13.8. The number of aryl methyl sites for hydroxylation is 1. The van der Waals surface area contributed by atoms with Crippen LogP contribution in [0.3, 0.4) is 0 Å². The number of ether oxygens (including phenoxy) is 1. The molecule has 1 aromatic carbocycles. The summed E-state index contributed by atoms with van der Waals surface area (Å²) in [6, 6.07) is 5.55. The first-order chi connectivity index (χ1) is 13.9. The first-order valence-corrected chi connectivity index (χ1v) is 9.99. The van der Waals surface area contributed by atoms with E-state index in [1.54, 1.807) is 6.07 Å². The van der Waals surface area contributed by atoms with Crippen molar-refractivity contribution in [2.24, 2.45) is 0 Å². The number of esters is 1. The second-order valence-corrected chi connectivity index (χ2v) is 7.65. The Bertz CT molecular complexity index is 1160. The number of hydrogen-bond donors (Lipinski definition) is 0. The van der Waals surface area contributed by atoms with Crippen LogP contribution in [0.25, 0.3) is 4.96 Å². The maximum atomic E-state index is 12.7. The summed E-state index contributed by atoms with van der Waals surface area (Å²) in [5.74, 6) is -0.681. The second-order valence-electron chi connectivity index (χ2n) is 6.81. The van der Waals surface area contributed by atoms with Crippen molar-refractivity contribution in [2.45, 2.75) is 26.4 Å². The number of anilines is 1. The van der Waals surface area contributed by atoms with E-state index in [1.807, 2.05) is 17.2 Å². The summed E-state index contributed by atoms with van der Waals surface area (Å²) < 4.78 is 6.85. The van der Waals surface area contributed by atoms with Crippen molar-refractivity contribution in [2.75, 3.05) is 18.0 Å². The highest BCUT2D eigenvalue weighted by Gasteiger charge is 2.23. The molecule has 9 nitrogen and oxygen atoms in total. The van der Waals surface area contributed by atoms with E-state index < -0.39 is 10.9 Å². The third kappa shape index (κ3) is 3.70. The molecule has 2 aromatic heterocycles. The zero-order valence-corrected chi connectivity index (χ0v) is 16.5. The average molecular weight is 414 g/mol. The van der Waals surface area contributed by atoms with E-state index in [9.17, 15) is 19.7 Å². The Morgan fingerprint density at radius 3 is 2.79 bits per heavy atom. The van der Waals surface area contributed by atoms with Crippen molar-refractivity contribution in [3.05, 3.63) is 67.1 Å². The molecule has 4 rings (SSSR count). The van der Waals surface area contributed by atoms with Gasteiger partial charge in [-0.05, 0) is 25.8 Å². The van der Waals surface area contributed by atoms with E-state index in [-0.39, 0.29) is 23.4 Å². The highest BCUT2D eigenvalue weighted by atomic mass is 32.1. The number of aromatic nitrogens is 2. The van der Waals surface area contributed by atoms with E-state index in [2.05, 4.69) is 4.98 Å². The number of nitro benzene ring substituents is 1. The van der Waals surface area contributed by atoms with Crippen molar-refractivity contribution in [3.8, 4) is 0 Å². The van der Waals surface area contributed by atoms with Crippen LogP contribution in [-0.4, -0.2) is 33.4 Å². The first-order valence-electron chi connectivity index (χ1n) is 9.11. The second kappa shape index (κ2) is 7.63. The van der Waals surface area contributed by atoms with Gasteiger partial charge in [-0.2, -0.15) is 0 Å². The molecule has 29 heavy (non-hydrogen) atoms. The van der Waals surface area contributed by atoms with Crippen LogP contribution in [0.15, 0.2) is 34.4 Å². The van der Waals surface area contributed by atoms with Gasteiger partial charge in [-0.1, -0.05) is 0 Å². The topological polar surface area (TPSA) is 107 Å². The smallest absolute Gasteiger partial charge is 0.340 e. The van der Waals surface area contributed by atoms with Gasteiger partial charge in [0.2, 0.25) is 0 Å². The van der Waals surface area contributed by atoms with Gasteiger partial charge in [-0.15, -0.1) is 11.3 Å². The maximum Gasteiger partial charge on any atom is 0.340 e. The lowest BCUT2D eigenvalue weighted by Gasteiger charge is -2.20. The Morgan fingerprint density at radius 1 is 1.31 bits per heavy atom.